The number of alkyl halides is 2. The minimum Gasteiger partial charge on any atom is -0.310 e. The van der Waals surface area contributed by atoms with Crippen LogP contribution < -0.4 is 5.32 Å². The largest absolute Gasteiger partial charge is 0.310 e. The lowest BCUT2D eigenvalue weighted by Gasteiger charge is -2.14. The van der Waals surface area contributed by atoms with Gasteiger partial charge in [-0.05, 0) is 38.5 Å². The maximum atomic E-state index is 12.4. The summed E-state index contributed by atoms with van der Waals surface area (Å²) in [5.41, 5.74) is 0.757. The summed E-state index contributed by atoms with van der Waals surface area (Å²) in [7, 11) is 0. The second kappa shape index (κ2) is 5.15. The van der Waals surface area contributed by atoms with E-state index in [-0.39, 0.29) is 5.91 Å². The molecule has 1 heterocycles. The lowest BCUT2D eigenvalue weighted by atomic mass is 10.1. The van der Waals surface area contributed by atoms with Crippen molar-refractivity contribution < 1.29 is 4.79 Å². The smallest absolute Gasteiger partial charge is 0.234 e. The number of aromatic nitrogens is 2. The van der Waals surface area contributed by atoms with Crippen LogP contribution >= 0.6 is 34.8 Å². The summed E-state index contributed by atoms with van der Waals surface area (Å²) in [5, 5.41) is 7.84. The average molecular weight is 359 g/mol. The number of rotatable bonds is 3. The molecule has 0 saturated heterocycles. The zero-order chi connectivity index (χ0) is 16.1. The van der Waals surface area contributed by atoms with Crippen molar-refractivity contribution in [2.75, 3.05) is 5.32 Å². The molecule has 22 heavy (non-hydrogen) atoms. The number of hydrogen-bond donors (Lipinski definition) is 1. The van der Waals surface area contributed by atoms with E-state index in [1.165, 1.54) is 0 Å². The molecule has 7 heteroatoms. The molecule has 3 rings (SSSR count). The monoisotopic (exact) mass is 357 g/mol. The molecule has 0 spiro atoms. The molecule has 0 bridgehead atoms. The van der Waals surface area contributed by atoms with E-state index in [2.05, 4.69) is 10.4 Å². The van der Waals surface area contributed by atoms with E-state index in [4.69, 9.17) is 34.8 Å². The summed E-state index contributed by atoms with van der Waals surface area (Å²) in [6.07, 6.45) is 0.430. The highest BCUT2D eigenvalue weighted by atomic mass is 35.5. The Bertz CT molecular complexity index is 756. The molecule has 0 aliphatic heterocycles. The van der Waals surface area contributed by atoms with Gasteiger partial charge in [-0.3, -0.25) is 4.79 Å². The fourth-order valence-corrected chi connectivity index (χ4v) is 3.18. The van der Waals surface area contributed by atoms with Crippen LogP contribution in [0.15, 0.2) is 30.3 Å². The molecular formula is C15H14Cl3N3O. The van der Waals surface area contributed by atoms with Gasteiger partial charge in [-0.15, -0.1) is 23.2 Å². The first-order chi connectivity index (χ1) is 10.2. The Hall–Kier alpha value is -1.23. The van der Waals surface area contributed by atoms with Crippen LogP contribution in [0.25, 0.3) is 5.69 Å². The predicted octanol–water partition coefficient (Wildman–Crippen LogP) is 4.36. The number of halogens is 3. The molecule has 4 nitrogen and oxygen atoms in total. The van der Waals surface area contributed by atoms with E-state index < -0.39 is 9.75 Å². The molecule has 0 radical (unpaired) electrons. The summed E-state index contributed by atoms with van der Waals surface area (Å²) < 4.78 is 0.627. The molecule has 2 aromatic rings. The van der Waals surface area contributed by atoms with Crippen molar-refractivity contribution in [1.82, 2.24) is 9.78 Å². The molecule has 1 fully saturated rings. The molecule has 1 aliphatic rings. The van der Waals surface area contributed by atoms with Crippen LogP contribution in [0.4, 0.5) is 5.82 Å². The number of carbonyl (C=O) groups is 1. The number of amides is 1. The van der Waals surface area contributed by atoms with Crippen LogP contribution in [0.1, 0.15) is 19.0 Å². The number of aryl methyl sites for hydroxylation is 1. The first kappa shape index (κ1) is 15.7. The van der Waals surface area contributed by atoms with Crippen LogP contribution in [-0.4, -0.2) is 20.0 Å². The number of nitrogens with one attached hydrogen (secondary N) is 1. The van der Waals surface area contributed by atoms with Crippen molar-refractivity contribution in [2.24, 2.45) is 5.41 Å². The topological polar surface area (TPSA) is 46.9 Å². The third-order valence-corrected chi connectivity index (χ3v) is 5.22. The summed E-state index contributed by atoms with van der Waals surface area (Å²) >= 11 is 18.1. The Morgan fingerprint density at radius 3 is 2.64 bits per heavy atom. The van der Waals surface area contributed by atoms with Crippen molar-refractivity contribution >= 4 is 46.5 Å². The van der Waals surface area contributed by atoms with Gasteiger partial charge >= 0.3 is 0 Å². The van der Waals surface area contributed by atoms with Crippen molar-refractivity contribution in [3.8, 4) is 5.69 Å². The van der Waals surface area contributed by atoms with Crippen LogP contribution in [0.3, 0.4) is 0 Å². The van der Waals surface area contributed by atoms with E-state index in [0.29, 0.717) is 17.3 Å². The van der Waals surface area contributed by atoms with Gasteiger partial charge in [-0.1, -0.05) is 17.7 Å². The van der Waals surface area contributed by atoms with Gasteiger partial charge in [0.2, 0.25) is 5.91 Å². The highest BCUT2D eigenvalue weighted by molar-refractivity contribution is 6.53. The first-order valence-electron chi connectivity index (χ1n) is 6.75. The minimum absolute atomic E-state index is 0.222. The second-order valence-corrected chi connectivity index (χ2v) is 7.65. The normalized spacial score (nSPS) is 22.4. The number of anilines is 1. The van der Waals surface area contributed by atoms with E-state index in [0.717, 1.165) is 11.4 Å². The van der Waals surface area contributed by atoms with Crippen LogP contribution in [0, 0.1) is 12.3 Å². The summed E-state index contributed by atoms with van der Waals surface area (Å²) in [4.78, 5) is 12.4. The van der Waals surface area contributed by atoms with E-state index >= 15 is 0 Å². The number of benzene rings is 1. The third kappa shape index (κ3) is 2.60. The molecule has 1 aliphatic carbocycles. The average Bonchev–Trinajstić information content (AvgIpc) is 2.77. The van der Waals surface area contributed by atoms with Gasteiger partial charge in [0.15, 0.2) is 0 Å². The van der Waals surface area contributed by atoms with Crippen molar-refractivity contribution in [3.63, 3.8) is 0 Å². The molecule has 1 aromatic heterocycles. The molecule has 1 aromatic carbocycles. The SMILES string of the molecule is Cc1cc(NC(=O)C2(C)CC2(Cl)Cl)n(-c2cccc(Cl)c2)n1. The zero-order valence-electron chi connectivity index (χ0n) is 12.0. The van der Waals surface area contributed by atoms with Gasteiger partial charge in [0, 0.05) is 11.1 Å². The van der Waals surface area contributed by atoms with E-state index in [1.807, 2.05) is 19.1 Å². The minimum atomic E-state index is -1.01. The van der Waals surface area contributed by atoms with Gasteiger partial charge < -0.3 is 5.32 Å². The lowest BCUT2D eigenvalue weighted by molar-refractivity contribution is -0.120. The Morgan fingerprint density at radius 2 is 2.05 bits per heavy atom. The Morgan fingerprint density at radius 1 is 1.36 bits per heavy atom. The Labute approximate surface area is 143 Å². The van der Waals surface area contributed by atoms with Crippen LogP contribution in [0.5, 0.6) is 0 Å². The number of carbonyl (C=O) groups excluding carboxylic acids is 1. The highest BCUT2D eigenvalue weighted by Gasteiger charge is 2.68. The number of hydrogen-bond acceptors (Lipinski definition) is 2. The standard InChI is InChI=1S/C15H14Cl3N3O/c1-9-6-12(19-13(22)14(2)8-15(14,17)18)21(20-9)11-5-3-4-10(16)7-11/h3-7H,8H2,1-2H3,(H,19,22). The van der Waals surface area contributed by atoms with Gasteiger partial charge in [0.05, 0.1) is 16.8 Å². The van der Waals surface area contributed by atoms with Crippen LogP contribution in [0.2, 0.25) is 5.02 Å². The third-order valence-electron chi connectivity index (χ3n) is 3.88. The summed E-state index contributed by atoms with van der Waals surface area (Å²) in [5.74, 6) is 0.336. The Balaban J connectivity index is 1.91. The van der Waals surface area contributed by atoms with Gasteiger partial charge in [0.25, 0.3) is 0 Å². The van der Waals surface area contributed by atoms with Gasteiger partial charge in [0.1, 0.15) is 10.2 Å². The van der Waals surface area contributed by atoms with Crippen LogP contribution in [-0.2, 0) is 4.79 Å². The van der Waals surface area contributed by atoms with E-state index in [1.54, 1.807) is 29.8 Å². The fraction of sp³-hybridized carbons (Fsp3) is 0.333. The predicted molar refractivity (Wildman–Crippen MR) is 89.1 cm³/mol. The molecular weight excluding hydrogens is 345 g/mol. The maximum Gasteiger partial charge on any atom is 0.234 e. The second-order valence-electron chi connectivity index (χ2n) is 5.73. The van der Waals surface area contributed by atoms with Crippen molar-refractivity contribution in [2.45, 2.75) is 24.6 Å². The summed E-state index contributed by atoms with van der Waals surface area (Å²) in [6, 6.07) is 9.02. The number of nitrogens with zero attached hydrogens (tertiary/aromatic N) is 2. The highest BCUT2D eigenvalue weighted by Crippen LogP contribution is 2.64. The lowest BCUT2D eigenvalue weighted by Crippen LogP contribution is -2.27. The quantitative estimate of drug-likeness (QED) is 0.829. The molecule has 1 N–H and O–H groups in total. The van der Waals surface area contributed by atoms with Gasteiger partial charge in [-0.2, -0.15) is 5.10 Å². The zero-order valence-corrected chi connectivity index (χ0v) is 14.3. The van der Waals surface area contributed by atoms with Crippen molar-refractivity contribution in [3.05, 3.63) is 41.0 Å². The fourth-order valence-electron chi connectivity index (χ4n) is 2.29. The Kier molecular flexibility index (Phi) is 3.67. The molecule has 1 unspecified atom stereocenters. The first-order valence-corrected chi connectivity index (χ1v) is 7.88. The molecule has 1 amide bonds. The molecule has 1 saturated carbocycles. The molecule has 116 valence electrons. The van der Waals surface area contributed by atoms with E-state index in [9.17, 15) is 4.79 Å². The molecule has 1 atom stereocenters. The maximum absolute atomic E-state index is 12.4. The van der Waals surface area contributed by atoms with Crippen molar-refractivity contribution in [1.29, 1.82) is 0 Å². The van der Waals surface area contributed by atoms with Gasteiger partial charge in [-0.25, -0.2) is 4.68 Å². The summed E-state index contributed by atoms with van der Waals surface area (Å²) in [6.45, 7) is 3.60.